The number of nitrogens with one attached hydrogen (secondary N) is 1. The highest BCUT2D eigenvalue weighted by Crippen LogP contribution is 2.32. The van der Waals surface area contributed by atoms with Crippen LogP contribution in [0.4, 0.5) is 0 Å². The molecule has 0 fully saturated rings. The molecule has 0 heterocycles. The zero-order chi connectivity index (χ0) is 15.5. The van der Waals surface area contributed by atoms with E-state index < -0.39 is 0 Å². The summed E-state index contributed by atoms with van der Waals surface area (Å²) in [6.07, 6.45) is 0. The number of benzene rings is 2. The number of hydrazine groups is 1. The van der Waals surface area contributed by atoms with Gasteiger partial charge in [-0.2, -0.15) is 0 Å². The van der Waals surface area contributed by atoms with Gasteiger partial charge in [-0.1, -0.05) is 50.2 Å². The van der Waals surface area contributed by atoms with Gasteiger partial charge < -0.3 is 0 Å². The van der Waals surface area contributed by atoms with Crippen molar-refractivity contribution in [3.05, 3.63) is 48.0 Å². The van der Waals surface area contributed by atoms with Crippen LogP contribution in [0.15, 0.2) is 42.5 Å². The molecule has 0 radical (unpaired) electrons. The first-order chi connectivity index (χ1) is 10.0. The van der Waals surface area contributed by atoms with Gasteiger partial charge in [-0.15, -0.1) is 0 Å². The van der Waals surface area contributed by atoms with E-state index in [9.17, 15) is 0 Å². The molecule has 0 aliphatic heterocycles. The Bertz CT molecular complexity index is 588. The van der Waals surface area contributed by atoms with Crippen LogP contribution in [0.25, 0.3) is 10.8 Å². The van der Waals surface area contributed by atoms with Crippen LogP contribution in [0.3, 0.4) is 0 Å². The molecule has 0 aromatic heterocycles. The summed E-state index contributed by atoms with van der Waals surface area (Å²) >= 11 is 0. The lowest BCUT2D eigenvalue weighted by molar-refractivity contribution is 0.0913. The van der Waals surface area contributed by atoms with Crippen molar-refractivity contribution in [2.45, 2.75) is 39.3 Å². The number of likely N-dealkylation sites (N-methyl/N-ethyl adjacent to an activating group) is 1. The summed E-state index contributed by atoms with van der Waals surface area (Å²) in [4.78, 5) is 2.44. The Hall–Kier alpha value is -1.42. The molecule has 3 nitrogen and oxygen atoms in total. The summed E-state index contributed by atoms with van der Waals surface area (Å²) in [7, 11) is 0. The van der Waals surface area contributed by atoms with E-state index in [4.69, 9.17) is 5.84 Å². The molecule has 114 valence electrons. The first-order valence-electron chi connectivity index (χ1n) is 7.74. The maximum atomic E-state index is 5.91. The molecule has 1 atom stereocenters. The normalized spacial score (nSPS) is 13.8. The average Bonchev–Trinajstić information content (AvgIpc) is 2.48. The fourth-order valence-electron chi connectivity index (χ4n) is 3.32. The van der Waals surface area contributed by atoms with Crippen LogP contribution < -0.4 is 11.3 Å². The van der Waals surface area contributed by atoms with E-state index in [2.05, 4.69) is 80.5 Å². The Morgan fingerprint density at radius 1 is 1.05 bits per heavy atom. The molecule has 0 aliphatic carbocycles. The van der Waals surface area contributed by atoms with Crippen LogP contribution in [-0.2, 0) is 0 Å². The van der Waals surface area contributed by atoms with Gasteiger partial charge in [0.1, 0.15) is 0 Å². The highest BCUT2D eigenvalue weighted by atomic mass is 15.3. The third-order valence-electron chi connectivity index (χ3n) is 4.56. The molecular formula is C18H27N3. The Morgan fingerprint density at radius 2 is 1.67 bits per heavy atom. The van der Waals surface area contributed by atoms with Crippen molar-refractivity contribution in [1.29, 1.82) is 0 Å². The topological polar surface area (TPSA) is 41.3 Å². The van der Waals surface area contributed by atoms with Crippen molar-refractivity contribution >= 4 is 10.8 Å². The second-order valence-corrected chi connectivity index (χ2v) is 6.03. The molecule has 21 heavy (non-hydrogen) atoms. The SMILES string of the molecule is CCN(CC)C(C)(C)C(NN)c1ccc2ccccc2c1. The van der Waals surface area contributed by atoms with Crippen molar-refractivity contribution in [3.63, 3.8) is 0 Å². The predicted molar refractivity (Wildman–Crippen MR) is 91.0 cm³/mol. The summed E-state index contributed by atoms with van der Waals surface area (Å²) in [6, 6.07) is 15.1. The third kappa shape index (κ3) is 3.10. The minimum atomic E-state index is -0.0549. The molecule has 0 aliphatic rings. The minimum Gasteiger partial charge on any atom is -0.297 e. The van der Waals surface area contributed by atoms with E-state index in [1.165, 1.54) is 16.3 Å². The van der Waals surface area contributed by atoms with Gasteiger partial charge in [-0.25, -0.2) is 0 Å². The van der Waals surface area contributed by atoms with Gasteiger partial charge in [-0.3, -0.25) is 16.2 Å². The molecule has 0 saturated heterocycles. The van der Waals surface area contributed by atoms with Crippen LogP contribution in [0.1, 0.15) is 39.3 Å². The molecule has 0 saturated carbocycles. The molecular weight excluding hydrogens is 258 g/mol. The standard InChI is InChI=1S/C18H27N3/c1-5-21(6-2)18(3,4)17(20-19)16-12-11-14-9-7-8-10-15(14)13-16/h7-13,17,20H,5-6,19H2,1-4H3. The highest BCUT2D eigenvalue weighted by Gasteiger charge is 2.34. The van der Waals surface area contributed by atoms with Crippen molar-refractivity contribution in [1.82, 2.24) is 10.3 Å². The van der Waals surface area contributed by atoms with E-state index in [1.54, 1.807) is 0 Å². The van der Waals surface area contributed by atoms with Crippen molar-refractivity contribution in [2.24, 2.45) is 5.84 Å². The molecule has 0 amide bonds. The van der Waals surface area contributed by atoms with Crippen LogP contribution in [0.5, 0.6) is 0 Å². The molecule has 2 aromatic carbocycles. The molecule has 0 spiro atoms. The second-order valence-electron chi connectivity index (χ2n) is 6.03. The Kier molecular flexibility index (Phi) is 4.99. The molecule has 2 rings (SSSR count). The highest BCUT2D eigenvalue weighted by molar-refractivity contribution is 5.83. The van der Waals surface area contributed by atoms with Gasteiger partial charge in [-0.05, 0) is 49.3 Å². The maximum absolute atomic E-state index is 5.91. The fraction of sp³-hybridized carbons (Fsp3) is 0.444. The molecule has 0 bridgehead atoms. The van der Waals surface area contributed by atoms with Crippen LogP contribution in [0, 0.1) is 0 Å². The predicted octanol–water partition coefficient (Wildman–Crippen LogP) is 3.46. The van der Waals surface area contributed by atoms with Crippen molar-refractivity contribution in [3.8, 4) is 0 Å². The van der Waals surface area contributed by atoms with E-state index >= 15 is 0 Å². The molecule has 2 aromatic rings. The number of hydrogen-bond donors (Lipinski definition) is 2. The summed E-state index contributed by atoms with van der Waals surface area (Å²) in [5, 5.41) is 2.52. The molecule has 3 heteroatoms. The Labute approximate surface area is 128 Å². The zero-order valence-corrected chi connectivity index (χ0v) is 13.6. The van der Waals surface area contributed by atoms with E-state index in [0.29, 0.717) is 0 Å². The average molecular weight is 285 g/mol. The van der Waals surface area contributed by atoms with Crippen molar-refractivity contribution < 1.29 is 0 Å². The number of rotatable bonds is 6. The number of nitrogens with zero attached hydrogens (tertiary/aromatic N) is 1. The van der Waals surface area contributed by atoms with Gasteiger partial charge >= 0.3 is 0 Å². The van der Waals surface area contributed by atoms with Gasteiger partial charge in [0.25, 0.3) is 0 Å². The first-order valence-corrected chi connectivity index (χ1v) is 7.74. The molecule has 1 unspecified atom stereocenters. The van der Waals surface area contributed by atoms with Crippen LogP contribution >= 0.6 is 0 Å². The Morgan fingerprint density at radius 3 is 2.24 bits per heavy atom. The Balaban J connectivity index is 2.43. The van der Waals surface area contributed by atoms with E-state index in [0.717, 1.165) is 13.1 Å². The van der Waals surface area contributed by atoms with Gasteiger partial charge in [0.15, 0.2) is 0 Å². The lowest BCUT2D eigenvalue weighted by Gasteiger charge is -2.43. The zero-order valence-electron chi connectivity index (χ0n) is 13.6. The number of nitrogens with two attached hydrogens (primary N) is 1. The summed E-state index contributed by atoms with van der Waals surface area (Å²) in [5.41, 5.74) is 4.21. The summed E-state index contributed by atoms with van der Waals surface area (Å²) in [6.45, 7) is 10.9. The van der Waals surface area contributed by atoms with Gasteiger partial charge in [0.05, 0.1) is 6.04 Å². The van der Waals surface area contributed by atoms with Gasteiger partial charge in [0, 0.05) is 5.54 Å². The van der Waals surface area contributed by atoms with Crippen LogP contribution in [-0.4, -0.2) is 23.5 Å². The summed E-state index contributed by atoms with van der Waals surface area (Å²) < 4.78 is 0. The number of fused-ring (bicyclic) bond motifs is 1. The molecule has 3 N–H and O–H groups in total. The minimum absolute atomic E-state index is 0.0549. The van der Waals surface area contributed by atoms with Crippen molar-refractivity contribution in [2.75, 3.05) is 13.1 Å². The second kappa shape index (κ2) is 6.56. The first kappa shape index (κ1) is 16.0. The lowest BCUT2D eigenvalue weighted by atomic mass is 9.86. The maximum Gasteiger partial charge on any atom is 0.0638 e. The van der Waals surface area contributed by atoms with Gasteiger partial charge in [0.2, 0.25) is 0 Å². The third-order valence-corrected chi connectivity index (χ3v) is 4.56. The summed E-state index contributed by atoms with van der Waals surface area (Å²) in [5.74, 6) is 5.91. The largest absolute Gasteiger partial charge is 0.297 e. The fourth-order valence-corrected chi connectivity index (χ4v) is 3.32. The lowest BCUT2D eigenvalue weighted by Crippen LogP contribution is -2.54. The monoisotopic (exact) mass is 285 g/mol. The quantitative estimate of drug-likeness (QED) is 0.631. The number of hydrogen-bond acceptors (Lipinski definition) is 3. The smallest absolute Gasteiger partial charge is 0.0638 e. The van der Waals surface area contributed by atoms with Crippen LogP contribution in [0.2, 0.25) is 0 Å². The van der Waals surface area contributed by atoms with E-state index in [-0.39, 0.29) is 11.6 Å². The van der Waals surface area contributed by atoms with E-state index in [1.807, 2.05) is 0 Å².